The van der Waals surface area contributed by atoms with Crippen molar-refractivity contribution in [2.45, 2.75) is 44.8 Å². The van der Waals surface area contributed by atoms with Crippen molar-refractivity contribution in [1.29, 1.82) is 0 Å². The zero-order valence-corrected chi connectivity index (χ0v) is 15.5. The number of rotatable bonds is 9. The molecule has 3 N–H and O–H groups in total. The quantitative estimate of drug-likeness (QED) is 0.624. The molecule has 0 bridgehead atoms. The first-order valence-electron chi connectivity index (χ1n) is 8.84. The van der Waals surface area contributed by atoms with E-state index < -0.39 is 23.7 Å². The molecule has 0 saturated carbocycles. The van der Waals surface area contributed by atoms with E-state index in [0.717, 1.165) is 11.6 Å². The summed E-state index contributed by atoms with van der Waals surface area (Å²) >= 11 is 0. The normalized spacial score (nSPS) is 12.8. The Balaban J connectivity index is 2.05. The van der Waals surface area contributed by atoms with E-state index in [1.807, 2.05) is 44.2 Å². The molecule has 27 heavy (non-hydrogen) atoms. The number of halogens is 2. The van der Waals surface area contributed by atoms with Crippen molar-refractivity contribution < 1.29 is 23.8 Å². The van der Waals surface area contributed by atoms with Gasteiger partial charge in [0.25, 0.3) is 0 Å². The largest absolute Gasteiger partial charge is 0.481 e. The Morgan fingerprint density at radius 1 is 1.15 bits per heavy atom. The summed E-state index contributed by atoms with van der Waals surface area (Å²) in [5.74, 6) is -3.22. The van der Waals surface area contributed by atoms with Crippen LogP contribution in [-0.4, -0.2) is 28.3 Å². The lowest BCUT2D eigenvalue weighted by Crippen LogP contribution is -2.43. The van der Waals surface area contributed by atoms with Gasteiger partial charge in [0, 0.05) is 24.1 Å². The van der Waals surface area contributed by atoms with Crippen LogP contribution in [0, 0.1) is 11.6 Å². The van der Waals surface area contributed by atoms with Crippen LogP contribution in [0.4, 0.5) is 8.78 Å². The Hall–Kier alpha value is -2.31. The molecule has 0 saturated heterocycles. The predicted molar refractivity (Wildman–Crippen MR) is 99.5 cm³/mol. The number of aliphatic carboxylic acids is 1. The first kappa shape index (κ1) is 21.0. The fourth-order valence-electron chi connectivity index (χ4n) is 2.96. The van der Waals surface area contributed by atoms with Crippen molar-refractivity contribution in [3.63, 3.8) is 0 Å². The number of nitrogens with one attached hydrogen (secondary N) is 1. The second kappa shape index (κ2) is 9.06. The molecule has 0 aliphatic heterocycles. The zero-order valence-electron chi connectivity index (χ0n) is 15.5. The Morgan fingerprint density at radius 2 is 1.81 bits per heavy atom. The van der Waals surface area contributed by atoms with Crippen molar-refractivity contribution >= 4 is 5.97 Å². The summed E-state index contributed by atoms with van der Waals surface area (Å²) < 4.78 is 28.0. The lowest BCUT2D eigenvalue weighted by Gasteiger charge is -2.28. The van der Waals surface area contributed by atoms with E-state index in [9.17, 15) is 18.7 Å². The molecule has 0 unspecified atom stereocenters. The van der Waals surface area contributed by atoms with Crippen LogP contribution in [0.15, 0.2) is 42.5 Å². The van der Waals surface area contributed by atoms with Gasteiger partial charge >= 0.3 is 5.97 Å². The summed E-state index contributed by atoms with van der Waals surface area (Å²) in [7, 11) is 0. The molecule has 2 aromatic carbocycles. The number of carbonyl (C=O) groups is 1. The Morgan fingerprint density at radius 3 is 2.44 bits per heavy atom. The molecule has 4 nitrogen and oxygen atoms in total. The molecule has 0 aliphatic carbocycles. The summed E-state index contributed by atoms with van der Waals surface area (Å²) in [5, 5.41) is 22.3. The Kier molecular flexibility index (Phi) is 7.05. The number of carboxylic acids is 1. The molecule has 1 atom stereocenters. The van der Waals surface area contributed by atoms with Gasteiger partial charge in [-0.2, -0.15) is 0 Å². The average Bonchev–Trinajstić information content (AvgIpc) is 2.61. The molecule has 2 rings (SSSR count). The Labute approximate surface area is 157 Å². The van der Waals surface area contributed by atoms with E-state index in [4.69, 9.17) is 5.11 Å². The summed E-state index contributed by atoms with van der Waals surface area (Å²) in [5.41, 5.74) is 0.933. The van der Waals surface area contributed by atoms with Crippen molar-refractivity contribution in [2.75, 3.05) is 6.54 Å². The van der Waals surface area contributed by atoms with Crippen LogP contribution in [0.1, 0.15) is 43.1 Å². The number of hydrogen-bond acceptors (Lipinski definition) is 3. The summed E-state index contributed by atoms with van der Waals surface area (Å²) in [6, 6.07) is 12.1. The maximum Gasteiger partial charge on any atom is 0.303 e. The number of benzene rings is 2. The molecule has 0 fully saturated rings. The highest BCUT2D eigenvalue weighted by atomic mass is 19.2. The van der Waals surface area contributed by atoms with Crippen molar-refractivity contribution in [3.8, 4) is 0 Å². The van der Waals surface area contributed by atoms with Gasteiger partial charge in [-0.3, -0.25) is 4.79 Å². The van der Waals surface area contributed by atoms with Gasteiger partial charge in [-0.1, -0.05) is 30.3 Å². The van der Waals surface area contributed by atoms with E-state index in [1.54, 1.807) is 0 Å². The first-order valence-corrected chi connectivity index (χ1v) is 8.84. The second-order valence-electron chi connectivity index (χ2n) is 7.32. The van der Waals surface area contributed by atoms with Gasteiger partial charge in [0.1, 0.15) is 0 Å². The van der Waals surface area contributed by atoms with E-state index in [2.05, 4.69) is 5.32 Å². The number of aliphatic hydroxyl groups excluding tert-OH is 1. The van der Waals surface area contributed by atoms with E-state index >= 15 is 0 Å². The van der Waals surface area contributed by atoms with Gasteiger partial charge in [0.05, 0.1) is 6.10 Å². The molecule has 0 spiro atoms. The molecule has 0 heterocycles. The highest BCUT2D eigenvalue weighted by Gasteiger charge is 2.22. The van der Waals surface area contributed by atoms with Crippen molar-refractivity contribution in [2.24, 2.45) is 0 Å². The molecule has 0 radical (unpaired) electrons. The smallest absolute Gasteiger partial charge is 0.303 e. The maximum atomic E-state index is 14.1. The third-order valence-corrected chi connectivity index (χ3v) is 4.37. The summed E-state index contributed by atoms with van der Waals surface area (Å²) in [6.07, 6.45) is -0.669. The van der Waals surface area contributed by atoms with E-state index in [-0.39, 0.29) is 30.5 Å². The van der Waals surface area contributed by atoms with Gasteiger partial charge in [0.2, 0.25) is 0 Å². The maximum absolute atomic E-state index is 14.1. The van der Waals surface area contributed by atoms with Gasteiger partial charge in [-0.05, 0) is 49.9 Å². The lowest BCUT2D eigenvalue weighted by atomic mass is 9.94. The standard InChI is InChI=1S/C21H25F2NO3/c1-21(2,12-14-6-4-3-5-7-14)24-13-18(25)16-10-15(8-9-19(26)27)11-17(22)20(16)23/h3-7,10-11,18,24-25H,8-9,12-13H2,1-2H3,(H,26,27)/t18-/m1/s1. The van der Waals surface area contributed by atoms with E-state index in [0.29, 0.717) is 12.0 Å². The fourth-order valence-corrected chi connectivity index (χ4v) is 2.96. The average molecular weight is 377 g/mol. The minimum Gasteiger partial charge on any atom is -0.481 e. The molecule has 0 amide bonds. The van der Waals surface area contributed by atoms with Crippen molar-refractivity contribution in [3.05, 3.63) is 70.8 Å². The molecule has 2 aromatic rings. The van der Waals surface area contributed by atoms with Gasteiger partial charge < -0.3 is 15.5 Å². The molecule has 0 aliphatic rings. The van der Waals surface area contributed by atoms with Gasteiger partial charge in [-0.25, -0.2) is 8.78 Å². The molecule has 6 heteroatoms. The van der Waals surface area contributed by atoms with Gasteiger partial charge in [-0.15, -0.1) is 0 Å². The molecule has 146 valence electrons. The number of β-amino-alcohol motifs (C(OH)–C–C–N with tert-alkyl or cyclic N) is 1. The van der Waals surface area contributed by atoms with Crippen LogP contribution in [0.25, 0.3) is 0 Å². The first-order chi connectivity index (χ1) is 12.7. The predicted octanol–water partition coefficient (Wildman–Crippen LogP) is 3.63. The fraction of sp³-hybridized carbons (Fsp3) is 0.381. The van der Waals surface area contributed by atoms with Crippen LogP contribution >= 0.6 is 0 Å². The Bertz CT molecular complexity index is 778. The highest BCUT2D eigenvalue weighted by molar-refractivity contribution is 5.67. The van der Waals surface area contributed by atoms with Crippen LogP contribution in [0.3, 0.4) is 0 Å². The number of carboxylic acid groups (broad SMARTS) is 1. The summed E-state index contributed by atoms with van der Waals surface area (Å²) in [4.78, 5) is 10.7. The zero-order chi connectivity index (χ0) is 20.0. The third kappa shape index (κ3) is 6.41. The molecular weight excluding hydrogens is 352 g/mol. The third-order valence-electron chi connectivity index (χ3n) is 4.37. The van der Waals surface area contributed by atoms with Crippen LogP contribution < -0.4 is 5.32 Å². The van der Waals surface area contributed by atoms with E-state index in [1.165, 1.54) is 6.07 Å². The minimum atomic E-state index is -1.25. The minimum absolute atomic E-state index is 0.0403. The monoisotopic (exact) mass is 377 g/mol. The molecular formula is C21H25F2NO3. The SMILES string of the molecule is CC(C)(Cc1ccccc1)NC[C@@H](O)c1cc(CCC(=O)O)cc(F)c1F. The number of aliphatic hydroxyl groups is 1. The van der Waals surface area contributed by atoms with Crippen LogP contribution in [0.5, 0.6) is 0 Å². The number of aryl methyl sites for hydroxylation is 1. The highest BCUT2D eigenvalue weighted by Crippen LogP contribution is 2.23. The summed E-state index contributed by atoms with van der Waals surface area (Å²) in [6.45, 7) is 3.97. The van der Waals surface area contributed by atoms with Crippen molar-refractivity contribution in [1.82, 2.24) is 5.32 Å². The number of hydrogen-bond donors (Lipinski definition) is 3. The lowest BCUT2D eigenvalue weighted by molar-refractivity contribution is -0.136. The molecule has 0 aromatic heterocycles. The second-order valence-corrected chi connectivity index (χ2v) is 7.32. The van der Waals surface area contributed by atoms with Crippen LogP contribution in [0.2, 0.25) is 0 Å². The van der Waals surface area contributed by atoms with Crippen LogP contribution in [-0.2, 0) is 17.6 Å². The van der Waals surface area contributed by atoms with Gasteiger partial charge in [0.15, 0.2) is 11.6 Å². The topological polar surface area (TPSA) is 69.6 Å².